The molecular weight excluding hydrogens is 289 g/mol. The van der Waals surface area contributed by atoms with Crippen molar-refractivity contribution in [1.82, 2.24) is 5.32 Å². The van der Waals surface area contributed by atoms with Gasteiger partial charge >= 0.3 is 6.18 Å². The van der Waals surface area contributed by atoms with Crippen molar-refractivity contribution in [3.05, 3.63) is 33.8 Å². The molecule has 0 aromatic heterocycles. The van der Waals surface area contributed by atoms with Gasteiger partial charge in [-0.15, -0.1) is 0 Å². The van der Waals surface area contributed by atoms with Gasteiger partial charge in [0.05, 0.1) is 11.1 Å². The lowest BCUT2D eigenvalue weighted by Crippen LogP contribution is -2.22. The van der Waals surface area contributed by atoms with Crippen molar-refractivity contribution in [3.63, 3.8) is 0 Å². The second-order valence-electron chi connectivity index (χ2n) is 2.75. The highest BCUT2D eigenvalue weighted by molar-refractivity contribution is 9.10. The lowest BCUT2D eigenvalue weighted by Gasteiger charge is -2.11. The largest absolute Gasteiger partial charge is 0.417 e. The summed E-state index contributed by atoms with van der Waals surface area (Å²) in [6, 6.07) is 3.08. The number of nitrogens with one attached hydrogen (secondary N) is 1. The Morgan fingerprint density at radius 3 is 2.56 bits per heavy atom. The van der Waals surface area contributed by atoms with Gasteiger partial charge in [0.1, 0.15) is 0 Å². The average molecular weight is 293 g/mol. The molecule has 84 valence electrons. The molecule has 0 aliphatic rings. The minimum atomic E-state index is -4.65. The molecule has 7 heteroatoms. The Hall–Kier alpha value is -1.55. The number of alkyl halides is 3. The summed E-state index contributed by atoms with van der Waals surface area (Å²) < 4.78 is 37.8. The summed E-state index contributed by atoms with van der Waals surface area (Å²) in [6.45, 7) is 0. The molecule has 0 radical (unpaired) electrons. The third kappa shape index (κ3) is 2.73. The number of nitrogens with zero attached hydrogens (tertiary/aromatic N) is 1. The molecule has 1 amide bonds. The van der Waals surface area contributed by atoms with E-state index in [1.54, 1.807) is 5.32 Å². The molecule has 1 rings (SSSR count). The van der Waals surface area contributed by atoms with E-state index in [1.165, 1.54) is 12.3 Å². The van der Waals surface area contributed by atoms with Gasteiger partial charge in [-0.3, -0.25) is 10.1 Å². The topological polar surface area (TPSA) is 52.9 Å². The third-order valence-electron chi connectivity index (χ3n) is 1.70. The quantitative estimate of drug-likeness (QED) is 0.639. The van der Waals surface area contributed by atoms with Crippen molar-refractivity contribution in [3.8, 4) is 6.19 Å². The minimum Gasteiger partial charge on any atom is -0.268 e. The van der Waals surface area contributed by atoms with E-state index in [-0.39, 0.29) is 4.47 Å². The van der Waals surface area contributed by atoms with Gasteiger partial charge in [0.25, 0.3) is 5.91 Å². The van der Waals surface area contributed by atoms with Gasteiger partial charge in [0, 0.05) is 4.47 Å². The maximum absolute atomic E-state index is 12.5. The van der Waals surface area contributed by atoms with Crippen LogP contribution in [0.3, 0.4) is 0 Å². The highest BCUT2D eigenvalue weighted by atomic mass is 79.9. The first-order valence-electron chi connectivity index (χ1n) is 3.92. The van der Waals surface area contributed by atoms with Crippen LogP contribution in [-0.2, 0) is 6.18 Å². The van der Waals surface area contributed by atoms with E-state index < -0.39 is 23.2 Å². The molecule has 0 unspecified atom stereocenters. The molecule has 0 bridgehead atoms. The normalized spacial score (nSPS) is 10.7. The molecule has 0 spiro atoms. The predicted octanol–water partition coefficient (Wildman–Crippen LogP) is 2.68. The van der Waals surface area contributed by atoms with Crippen LogP contribution in [0.25, 0.3) is 0 Å². The SMILES string of the molecule is N#CNC(=O)c1ccc(Br)cc1C(F)(F)F. The van der Waals surface area contributed by atoms with Crippen molar-refractivity contribution < 1.29 is 18.0 Å². The van der Waals surface area contributed by atoms with Crippen molar-refractivity contribution in [2.45, 2.75) is 6.18 Å². The second kappa shape index (κ2) is 4.53. The Balaban J connectivity index is 3.30. The summed E-state index contributed by atoms with van der Waals surface area (Å²) in [6.07, 6.45) is -3.37. The summed E-state index contributed by atoms with van der Waals surface area (Å²) >= 11 is 2.88. The maximum atomic E-state index is 12.5. The molecule has 0 aliphatic heterocycles. The first-order chi connectivity index (χ1) is 7.36. The number of carbonyl (C=O) groups is 1. The Morgan fingerprint density at radius 1 is 1.44 bits per heavy atom. The van der Waals surface area contributed by atoms with Crippen LogP contribution in [0.1, 0.15) is 15.9 Å². The predicted molar refractivity (Wildman–Crippen MR) is 52.2 cm³/mol. The molecular formula is C9H4BrF3N2O. The standard InChI is InChI=1S/C9H4BrF3N2O/c10-5-1-2-6(8(16)15-4-14)7(3-5)9(11,12)13/h1-3H,(H,15,16). The van der Waals surface area contributed by atoms with Crippen LogP contribution in [-0.4, -0.2) is 5.91 Å². The first kappa shape index (κ1) is 12.5. The maximum Gasteiger partial charge on any atom is 0.417 e. The zero-order valence-corrected chi connectivity index (χ0v) is 9.19. The smallest absolute Gasteiger partial charge is 0.268 e. The number of amides is 1. The fourth-order valence-corrected chi connectivity index (χ4v) is 1.43. The lowest BCUT2D eigenvalue weighted by atomic mass is 10.1. The van der Waals surface area contributed by atoms with Gasteiger partial charge < -0.3 is 0 Å². The molecule has 16 heavy (non-hydrogen) atoms. The van der Waals surface area contributed by atoms with E-state index in [2.05, 4.69) is 15.9 Å². The van der Waals surface area contributed by atoms with Crippen molar-refractivity contribution in [2.24, 2.45) is 0 Å². The number of carbonyl (C=O) groups excluding carboxylic acids is 1. The van der Waals surface area contributed by atoms with Crippen LogP contribution in [0.15, 0.2) is 22.7 Å². The van der Waals surface area contributed by atoms with Gasteiger partial charge in [-0.25, -0.2) is 0 Å². The summed E-state index contributed by atoms with van der Waals surface area (Å²) in [5.74, 6) is -1.08. The number of rotatable bonds is 1. The molecule has 0 aliphatic carbocycles. The number of nitriles is 1. The second-order valence-corrected chi connectivity index (χ2v) is 3.67. The van der Waals surface area contributed by atoms with E-state index in [9.17, 15) is 18.0 Å². The van der Waals surface area contributed by atoms with Gasteiger partial charge in [-0.2, -0.15) is 18.4 Å². The lowest BCUT2D eigenvalue weighted by molar-refractivity contribution is -0.138. The summed E-state index contributed by atoms with van der Waals surface area (Å²) in [5, 5.41) is 9.82. The summed E-state index contributed by atoms with van der Waals surface area (Å²) in [5.41, 5.74) is -1.67. The first-order valence-corrected chi connectivity index (χ1v) is 4.71. The van der Waals surface area contributed by atoms with Gasteiger partial charge in [0.2, 0.25) is 0 Å². The van der Waals surface area contributed by atoms with Crippen LogP contribution < -0.4 is 5.32 Å². The molecule has 0 saturated heterocycles. The fourth-order valence-electron chi connectivity index (χ4n) is 1.07. The van der Waals surface area contributed by atoms with Crippen LogP contribution in [0.2, 0.25) is 0 Å². The van der Waals surface area contributed by atoms with E-state index in [0.29, 0.717) is 0 Å². The molecule has 0 saturated carbocycles. The highest BCUT2D eigenvalue weighted by Gasteiger charge is 2.35. The van der Waals surface area contributed by atoms with Gasteiger partial charge in [-0.1, -0.05) is 15.9 Å². The van der Waals surface area contributed by atoms with Crippen molar-refractivity contribution >= 4 is 21.8 Å². The molecule has 3 nitrogen and oxygen atoms in total. The van der Waals surface area contributed by atoms with Gasteiger partial charge in [-0.05, 0) is 18.2 Å². The van der Waals surface area contributed by atoms with E-state index in [0.717, 1.165) is 12.1 Å². The molecule has 1 aromatic rings. The minimum absolute atomic E-state index is 0.202. The molecule has 1 N–H and O–H groups in total. The zero-order valence-electron chi connectivity index (χ0n) is 7.60. The summed E-state index contributed by atoms with van der Waals surface area (Å²) in [4.78, 5) is 11.2. The van der Waals surface area contributed by atoms with Crippen LogP contribution in [0, 0.1) is 11.5 Å². The fraction of sp³-hybridized carbons (Fsp3) is 0.111. The Morgan fingerprint density at radius 2 is 2.06 bits per heavy atom. The Labute approximate surface area is 97.0 Å². The van der Waals surface area contributed by atoms with Crippen molar-refractivity contribution in [2.75, 3.05) is 0 Å². The highest BCUT2D eigenvalue weighted by Crippen LogP contribution is 2.33. The van der Waals surface area contributed by atoms with Crippen LogP contribution >= 0.6 is 15.9 Å². The number of benzene rings is 1. The zero-order chi connectivity index (χ0) is 12.3. The molecule has 0 heterocycles. The third-order valence-corrected chi connectivity index (χ3v) is 2.19. The Kier molecular flexibility index (Phi) is 3.55. The monoisotopic (exact) mass is 292 g/mol. The summed E-state index contributed by atoms with van der Waals surface area (Å²) in [7, 11) is 0. The average Bonchev–Trinajstić information content (AvgIpc) is 2.16. The van der Waals surface area contributed by atoms with Crippen molar-refractivity contribution in [1.29, 1.82) is 5.26 Å². The number of hydrogen-bond donors (Lipinski definition) is 1. The van der Waals surface area contributed by atoms with Gasteiger partial charge in [0.15, 0.2) is 6.19 Å². The van der Waals surface area contributed by atoms with E-state index >= 15 is 0 Å². The van der Waals surface area contributed by atoms with Crippen LogP contribution in [0.4, 0.5) is 13.2 Å². The molecule has 0 fully saturated rings. The number of halogens is 4. The molecule has 0 atom stereocenters. The molecule has 1 aromatic carbocycles. The van der Waals surface area contributed by atoms with Crippen LogP contribution in [0.5, 0.6) is 0 Å². The Bertz CT molecular complexity index is 465. The van der Waals surface area contributed by atoms with E-state index in [4.69, 9.17) is 5.26 Å². The van der Waals surface area contributed by atoms with E-state index in [1.807, 2.05) is 0 Å². The number of hydrogen-bond acceptors (Lipinski definition) is 2.